The van der Waals surface area contributed by atoms with E-state index in [4.69, 9.17) is 4.42 Å². The summed E-state index contributed by atoms with van der Waals surface area (Å²) in [5.74, 6) is 0.541. The van der Waals surface area contributed by atoms with Gasteiger partial charge in [0.1, 0.15) is 6.26 Å². The van der Waals surface area contributed by atoms with Crippen molar-refractivity contribution in [2.75, 3.05) is 13.2 Å². The molecular formula is C17H21N3O3. The van der Waals surface area contributed by atoms with Crippen LogP contribution in [0.5, 0.6) is 0 Å². The number of urea groups is 1. The number of nitrogens with one attached hydrogen (secondary N) is 2. The van der Waals surface area contributed by atoms with Gasteiger partial charge in [-0.1, -0.05) is 17.7 Å². The fourth-order valence-electron chi connectivity index (χ4n) is 2.29. The van der Waals surface area contributed by atoms with Crippen LogP contribution in [0.4, 0.5) is 4.79 Å². The summed E-state index contributed by atoms with van der Waals surface area (Å²) >= 11 is 0. The number of rotatable bonds is 6. The molecule has 122 valence electrons. The normalized spacial score (nSPS) is 15.2. The zero-order valence-corrected chi connectivity index (χ0v) is 13.1. The first-order valence-electron chi connectivity index (χ1n) is 7.74. The molecule has 2 aromatic rings. The van der Waals surface area contributed by atoms with Crippen LogP contribution < -0.4 is 10.6 Å². The predicted octanol–water partition coefficient (Wildman–Crippen LogP) is 2.22. The van der Waals surface area contributed by atoms with Crippen molar-refractivity contribution >= 4 is 6.03 Å². The maximum absolute atomic E-state index is 11.8. The number of aliphatic hydroxyl groups excluding tert-OH is 1. The fourth-order valence-corrected chi connectivity index (χ4v) is 2.29. The molecule has 0 saturated heterocycles. The molecular weight excluding hydrogens is 294 g/mol. The van der Waals surface area contributed by atoms with Crippen molar-refractivity contribution in [2.45, 2.75) is 26.3 Å². The lowest BCUT2D eigenvalue weighted by atomic mass is 10.1. The third-order valence-electron chi connectivity index (χ3n) is 4.20. The second-order valence-electron chi connectivity index (χ2n) is 6.20. The Balaban J connectivity index is 1.49. The summed E-state index contributed by atoms with van der Waals surface area (Å²) in [6.07, 6.45) is 3.48. The van der Waals surface area contributed by atoms with Gasteiger partial charge in [0.2, 0.25) is 5.89 Å². The van der Waals surface area contributed by atoms with Crippen molar-refractivity contribution in [3.05, 3.63) is 41.8 Å². The summed E-state index contributed by atoms with van der Waals surface area (Å²) < 4.78 is 5.45. The summed E-state index contributed by atoms with van der Waals surface area (Å²) in [6.45, 7) is 2.95. The molecule has 0 unspecified atom stereocenters. The van der Waals surface area contributed by atoms with E-state index >= 15 is 0 Å². The number of amides is 2. The van der Waals surface area contributed by atoms with Crippen LogP contribution in [0.3, 0.4) is 0 Å². The zero-order chi connectivity index (χ0) is 16.3. The van der Waals surface area contributed by atoms with Crippen molar-refractivity contribution < 1.29 is 14.3 Å². The maximum atomic E-state index is 11.8. The number of carbonyl (C=O) groups is 1. The van der Waals surface area contributed by atoms with E-state index < -0.39 is 0 Å². The number of carbonyl (C=O) groups excluding carboxylic acids is 1. The molecule has 6 heteroatoms. The molecule has 0 radical (unpaired) electrons. The predicted molar refractivity (Wildman–Crippen MR) is 85.7 cm³/mol. The standard InChI is InChI=1S/C17H21N3O3/c1-12-2-4-13(5-3-12)15-20-14(9-23-15)8-18-16(22)19-10-17(11-21)6-7-17/h2-5,9,21H,6-8,10-11H2,1H3,(H2,18,19,22). The summed E-state index contributed by atoms with van der Waals surface area (Å²) in [5.41, 5.74) is 2.66. The third-order valence-corrected chi connectivity index (χ3v) is 4.20. The summed E-state index contributed by atoms with van der Waals surface area (Å²) in [4.78, 5) is 16.1. The van der Waals surface area contributed by atoms with Crippen LogP contribution in [0, 0.1) is 12.3 Å². The Bertz CT molecular complexity index is 675. The monoisotopic (exact) mass is 315 g/mol. The molecule has 1 heterocycles. The molecule has 1 aliphatic rings. The average Bonchev–Trinajstić information content (AvgIpc) is 3.20. The van der Waals surface area contributed by atoms with Crippen molar-refractivity contribution in [2.24, 2.45) is 5.41 Å². The highest BCUT2D eigenvalue weighted by Gasteiger charge is 2.42. The topological polar surface area (TPSA) is 87.4 Å². The minimum atomic E-state index is -0.260. The Labute approximate surface area is 134 Å². The van der Waals surface area contributed by atoms with E-state index in [0.29, 0.717) is 24.7 Å². The first-order valence-corrected chi connectivity index (χ1v) is 7.74. The molecule has 2 amide bonds. The smallest absolute Gasteiger partial charge is 0.315 e. The van der Waals surface area contributed by atoms with Gasteiger partial charge in [0.15, 0.2) is 0 Å². The van der Waals surface area contributed by atoms with E-state index in [-0.39, 0.29) is 18.1 Å². The van der Waals surface area contributed by atoms with Crippen LogP contribution in [0.25, 0.3) is 11.5 Å². The molecule has 0 aliphatic heterocycles. The minimum absolute atomic E-state index is 0.0934. The zero-order valence-electron chi connectivity index (χ0n) is 13.1. The third kappa shape index (κ3) is 3.90. The number of oxazole rings is 1. The maximum Gasteiger partial charge on any atom is 0.315 e. The second kappa shape index (κ2) is 6.42. The number of benzene rings is 1. The highest BCUT2D eigenvalue weighted by molar-refractivity contribution is 5.73. The number of hydrogen-bond donors (Lipinski definition) is 3. The quantitative estimate of drug-likeness (QED) is 0.763. The van der Waals surface area contributed by atoms with Crippen LogP contribution in [-0.2, 0) is 6.54 Å². The van der Waals surface area contributed by atoms with Crippen molar-refractivity contribution in [1.29, 1.82) is 0 Å². The largest absolute Gasteiger partial charge is 0.444 e. The van der Waals surface area contributed by atoms with Gasteiger partial charge in [0, 0.05) is 17.5 Å². The van der Waals surface area contributed by atoms with Crippen LogP contribution >= 0.6 is 0 Å². The van der Waals surface area contributed by atoms with Crippen molar-refractivity contribution in [3.63, 3.8) is 0 Å². The van der Waals surface area contributed by atoms with Crippen molar-refractivity contribution in [1.82, 2.24) is 15.6 Å². The Morgan fingerprint density at radius 1 is 1.30 bits per heavy atom. The van der Waals surface area contributed by atoms with E-state index in [9.17, 15) is 9.90 Å². The molecule has 3 rings (SSSR count). The SMILES string of the molecule is Cc1ccc(-c2nc(CNC(=O)NCC3(CO)CC3)co2)cc1. The number of nitrogens with zero attached hydrogens (tertiary/aromatic N) is 1. The molecule has 6 nitrogen and oxygen atoms in total. The van der Waals surface area contributed by atoms with Gasteiger partial charge in [0.05, 0.1) is 18.8 Å². The lowest BCUT2D eigenvalue weighted by Crippen LogP contribution is -2.39. The lowest BCUT2D eigenvalue weighted by Gasteiger charge is -2.12. The number of aromatic nitrogens is 1. The average molecular weight is 315 g/mol. The molecule has 1 fully saturated rings. The van der Waals surface area contributed by atoms with E-state index in [1.54, 1.807) is 6.26 Å². The van der Waals surface area contributed by atoms with Crippen LogP contribution in [0.1, 0.15) is 24.1 Å². The van der Waals surface area contributed by atoms with Gasteiger partial charge in [-0.05, 0) is 31.9 Å². The molecule has 3 N–H and O–H groups in total. The molecule has 0 bridgehead atoms. The van der Waals surface area contributed by atoms with E-state index in [1.165, 1.54) is 5.56 Å². The highest BCUT2D eigenvalue weighted by Crippen LogP contribution is 2.44. The molecule has 1 aliphatic carbocycles. The minimum Gasteiger partial charge on any atom is -0.444 e. The van der Waals surface area contributed by atoms with Gasteiger partial charge in [-0.3, -0.25) is 0 Å². The fraction of sp³-hybridized carbons (Fsp3) is 0.412. The van der Waals surface area contributed by atoms with Gasteiger partial charge in [-0.15, -0.1) is 0 Å². The molecule has 1 aromatic carbocycles. The van der Waals surface area contributed by atoms with Crippen LogP contribution in [0.15, 0.2) is 34.9 Å². The summed E-state index contributed by atoms with van der Waals surface area (Å²) in [5, 5.41) is 14.7. The van der Waals surface area contributed by atoms with Crippen LogP contribution in [-0.4, -0.2) is 29.3 Å². The first kappa shape index (κ1) is 15.6. The molecule has 0 spiro atoms. The number of aryl methyl sites for hydroxylation is 1. The van der Waals surface area contributed by atoms with Crippen LogP contribution in [0.2, 0.25) is 0 Å². The highest BCUT2D eigenvalue weighted by atomic mass is 16.3. The van der Waals surface area contributed by atoms with Crippen molar-refractivity contribution in [3.8, 4) is 11.5 Å². The molecule has 0 atom stereocenters. The lowest BCUT2D eigenvalue weighted by molar-refractivity contribution is 0.203. The summed E-state index contributed by atoms with van der Waals surface area (Å²) in [7, 11) is 0. The number of hydrogen-bond acceptors (Lipinski definition) is 4. The Hall–Kier alpha value is -2.34. The van der Waals surface area contributed by atoms with Gasteiger partial charge >= 0.3 is 6.03 Å². The Morgan fingerprint density at radius 2 is 2.04 bits per heavy atom. The van der Waals surface area contributed by atoms with Gasteiger partial charge in [0.25, 0.3) is 0 Å². The number of aliphatic hydroxyl groups is 1. The molecule has 1 saturated carbocycles. The van der Waals surface area contributed by atoms with Gasteiger partial charge < -0.3 is 20.2 Å². The second-order valence-corrected chi connectivity index (χ2v) is 6.20. The molecule has 1 aromatic heterocycles. The molecule has 23 heavy (non-hydrogen) atoms. The Kier molecular flexibility index (Phi) is 4.34. The van der Waals surface area contributed by atoms with E-state index in [0.717, 1.165) is 18.4 Å². The first-order chi connectivity index (χ1) is 11.1. The van der Waals surface area contributed by atoms with E-state index in [1.807, 2.05) is 31.2 Å². The Morgan fingerprint density at radius 3 is 2.70 bits per heavy atom. The van der Waals surface area contributed by atoms with Gasteiger partial charge in [-0.2, -0.15) is 0 Å². The van der Waals surface area contributed by atoms with E-state index in [2.05, 4.69) is 15.6 Å². The summed E-state index contributed by atoms with van der Waals surface area (Å²) in [6, 6.07) is 7.65. The van der Waals surface area contributed by atoms with Gasteiger partial charge in [-0.25, -0.2) is 9.78 Å².